The summed E-state index contributed by atoms with van der Waals surface area (Å²) in [6.45, 7) is 0. The predicted octanol–water partition coefficient (Wildman–Crippen LogP) is 14.2. The summed E-state index contributed by atoms with van der Waals surface area (Å²) in [5.41, 5.74) is 17.4. The van der Waals surface area contributed by atoms with Gasteiger partial charge in [-0.05, 0) is 69.6 Å². The summed E-state index contributed by atoms with van der Waals surface area (Å²) in [4.78, 5) is 14.0. The smallest absolute Gasteiger partial charge is 0.161 e. The number of hydrogen-bond donors (Lipinski definition) is 4. The highest BCUT2D eigenvalue weighted by Gasteiger charge is 2.44. The lowest BCUT2D eigenvalue weighted by Gasteiger charge is -2.40. The first-order valence-electron chi connectivity index (χ1n) is 27.3. The molecule has 3 aliphatic heterocycles. The number of hydrogen-bond acceptors (Lipinski definition) is 7. The highest BCUT2D eigenvalue weighted by Crippen LogP contribution is 2.55. The van der Waals surface area contributed by atoms with Crippen LogP contribution in [0.1, 0.15) is 80.7 Å². The molecule has 1 aromatic heterocycles. The van der Waals surface area contributed by atoms with Crippen molar-refractivity contribution in [3.05, 3.63) is 305 Å². The zero-order valence-corrected chi connectivity index (χ0v) is 42.9. The van der Waals surface area contributed by atoms with E-state index in [2.05, 4.69) is 292 Å². The number of fused-ring (bicyclic) bond motifs is 8. The molecule has 376 valence electrons. The first kappa shape index (κ1) is 46.1. The minimum Gasteiger partial charge on any atom is -0.357 e. The van der Waals surface area contributed by atoms with E-state index in [-0.39, 0.29) is 36.5 Å². The molecule has 6 atom stereocenters. The third kappa shape index (κ3) is 8.03. The first-order valence-corrected chi connectivity index (χ1v) is 27.3. The molecule has 5 aliphatic rings. The summed E-state index contributed by atoms with van der Waals surface area (Å²) in [6, 6.07) is 80.9. The van der Waals surface area contributed by atoms with Crippen LogP contribution in [0.5, 0.6) is 0 Å². The van der Waals surface area contributed by atoms with Gasteiger partial charge in [0.15, 0.2) is 5.84 Å². The Balaban J connectivity index is 0.999. The van der Waals surface area contributed by atoms with Crippen LogP contribution in [-0.2, 0) is 6.42 Å². The molecule has 8 heteroatoms. The lowest BCUT2D eigenvalue weighted by Crippen LogP contribution is -2.54. The number of aromatic nitrogens is 1. The highest BCUT2D eigenvalue weighted by molar-refractivity contribution is 6.18. The van der Waals surface area contributed by atoms with Crippen LogP contribution in [-0.4, -0.2) is 28.3 Å². The third-order valence-electron chi connectivity index (χ3n) is 16.4. The highest BCUT2D eigenvalue weighted by atomic mass is 15.4. The molecule has 2 aliphatic carbocycles. The quantitative estimate of drug-likeness (QED) is 0.116. The maximum absolute atomic E-state index is 5.64. The van der Waals surface area contributed by atoms with E-state index in [1.165, 1.54) is 49.8 Å². The predicted molar refractivity (Wildman–Crippen MR) is 319 cm³/mol. The maximum atomic E-state index is 5.64. The van der Waals surface area contributed by atoms with E-state index in [9.17, 15) is 0 Å². The van der Waals surface area contributed by atoms with Gasteiger partial charge in [0.2, 0.25) is 0 Å². The molecule has 0 radical (unpaired) electrons. The van der Waals surface area contributed by atoms with Crippen LogP contribution in [0, 0.1) is 0 Å². The third-order valence-corrected chi connectivity index (χ3v) is 16.4. The number of amidine groups is 2. The summed E-state index contributed by atoms with van der Waals surface area (Å²) < 4.78 is 2.55. The fraction of sp³-hybridized carbons (Fsp3) is 0.114. The van der Waals surface area contributed by atoms with E-state index in [1.54, 1.807) is 0 Å². The van der Waals surface area contributed by atoms with Gasteiger partial charge < -0.3 is 14.8 Å². The number of nitrogens with one attached hydrogen (secondary N) is 4. The Morgan fingerprint density at radius 3 is 1.81 bits per heavy atom. The normalized spacial score (nSPS) is 22.1. The van der Waals surface area contributed by atoms with Crippen molar-refractivity contribution >= 4 is 45.2 Å². The number of rotatable bonds is 9. The summed E-state index contributed by atoms with van der Waals surface area (Å²) in [5.74, 6) is 1.50. The van der Waals surface area contributed by atoms with Crippen molar-refractivity contribution in [2.45, 2.75) is 49.1 Å². The summed E-state index contributed by atoms with van der Waals surface area (Å²) in [7, 11) is 0. The Morgan fingerprint density at radius 1 is 0.487 bits per heavy atom. The maximum Gasteiger partial charge on any atom is 0.161 e. The van der Waals surface area contributed by atoms with E-state index in [4.69, 9.17) is 9.98 Å². The summed E-state index contributed by atoms with van der Waals surface area (Å²) in [6.07, 6.45) is 14.1. The van der Waals surface area contributed by atoms with E-state index >= 15 is 0 Å². The Labute approximate surface area is 454 Å². The second-order valence-corrected chi connectivity index (χ2v) is 21.0. The summed E-state index contributed by atoms with van der Waals surface area (Å²) >= 11 is 0. The van der Waals surface area contributed by atoms with Gasteiger partial charge in [-0.3, -0.25) is 16.0 Å². The van der Waals surface area contributed by atoms with Gasteiger partial charge in [-0.1, -0.05) is 237 Å². The van der Waals surface area contributed by atoms with Crippen LogP contribution in [0.25, 0.3) is 44.7 Å². The van der Waals surface area contributed by atoms with Crippen molar-refractivity contribution in [3.8, 4) is 16.8 Å². The van der Waals surface area contributed by atoms with Crippen LogP contribution in [0.2, 0.25) is 0 Å². The molecule has 1 fully saturated rings. The van der Waals surface area contributed by atoms with Gasteiger partial charge >= 0.3 is 0 Å². The van der Waals surface area contributed by atoms with Crippen molar-refractivity contribution in [1.29, 1.82) is 0 Å². The van der Waals surface area contributed by atoms with Crippen LogP contribution in [0.15, 0.2) is 265 Å². The van der Waals surface area contributed by atoms with E-state index < -0.39 is 6.17 Å². The second kappa shape index (κ2) is 19.4. The molecule has 0 saturated carbocycles. The second-order valence-electron chi connectivity index (χ2n) is 21.0. The average Bonchev–Trinajstić information content (AvgIpc) is 3.69. The van der Waals surface area contributed by atoms with Gasteiger partial charge in [-0.15, -0.1) is 0 Å². The molecule has 15 rings (SSSR count). The standard InChI is InChI=1S/C70H56N8/c1-6-23-46(24-7-1)56-44-57-54-34-18-20-36-59(54)78(64(57)62-55-35-19-21-37-60(55)77(63(56)62)53-40-38-45-22-16-17-33-51(45)42-53)61-41-39-52(69-73-65(47-25-8-2-9-26-47)71-66(74-69)48-27-10-3-11-28-48)43-58(61)70-75-67(49-29-12-4-13-30-49)72-68(76-70)50-31-14-5-15-32-50/h1-41,43-44,53,55,60,65-67,69,71,73-74H,42H2,(H,72,75,76). The van der Waals surface area contributed by atoms with Crippen molar-refractivity contribution in [1.82, 2.24) is 25.8 Å². The molecular weight excluding hydrogens is 953 g/mol. The zero-order valence-electron chi connectivity index (χ0n) is 42.9. The van der Waals surface area contributed by atoms with Gasteiger partial charge in [0, 0.05) is 38.9 Å². The molecule has 0 bridgehead atoms. The van der Waals surface area contributed by atoms with Gasteiger partial charge in [0.05, 0.1) is 53.0 Å². The fourth-order valence-corrected chi connectivity index (χ4v) is 12.8. The monoisotopic (exact) mass is 1010 g/mol. The van der Waals surface area contributed by atoms with Crippen molar-refractivity contribution in [3.63, 3.8) is 0 Å². The molecule has 4 heterocycles. The lowest BCUT2D eigenvalue weighted by molar-refractivity contribution is 0.203. The first-order chi connectivity index (χ1) is 38.7. The van der Waals surface area contributed by atoms with E-state index in [0.717, 1.165) is 56.8 Å². The number of allylic oxidation sites excluding steroid dienone is 2. The minimum atomic E-state index is -0.400. The Kier molecular flexibility index (Phi) is 11.5. The number of nitrogens with zero attached hydrogens (tertiary/aromatic N) is 4. The molecule has 0 amide bonds. The Morgan fingerprint density at radius 2 is 1.09 bits per heavy atom. The average molecular weight is 1010 g/mol. The van der Waals surface area contributed by atoms with E-state index in [0.29, 0.717) is 5.84 Å². The topological polar surface area (TPSA) is 81.0 Å². The van der Waals surface area contributed by atoms with Gasteiger partial charge in [-0.2, -0.15) is 0 Å². The SMILES string of the molecule is C1=CC2c3c(c(-c4ccccc4)cc4c5ccccc5n(-c5ccc(C6NC(c7ccccc7)NC(c7ccccc7)N6)cc5C5=NC(c6ccccc6)NC(c6ccccc6)=N5)c34)N(C3C=Cc4ccccc4C3)C2C=C1. The largest absolute Gasteiger partial charge is 0.357 e. The van der Waals surface area contributed by atoms with Crippen LogP contribution in [0.3, 0.4) is 0 Å². The van der Waals surface area contributed by atoms with Crippen LogP contribution in [0.4, 0.5) is 5.69 Å². The summed E-state index contributed by atoms with van der Waals surface area (Å²) in [5, 5.41) is 18.0. The Bertz CT molecular complexity index is 4000. The molecule has 8 nitrogen and oxygen atoms in total. The number of aliphatic imine (C=N–C) groups is 2. The van der Waals surface area contributed by atoms with Crippen molar-refractivity contribution < 1.29 is 0 Å². The molecular formula is C70H56N8. The Hall–Kier alpha value is -9.18. The number of anilines is 1. The molecule has 0 spiro atoms. The molecule has 10 aromatic rings. The van der Waals surface area contributed by atoms with E-state index in [1.807, 2.05) is 0 Å². The van der Waals surface area contributed by atoms with Crippen molar-refractivity contribution in [2.75, 3.05) is 4.90 Å². The molecule has 6 unspecified atom stereocenters. The zero-order chi connectivity index (χ0) is 51.5. The van der Waals surface area contributed by atoms with Gasteiger partial charge in [0.1, 0.15) is 12.0 Å². The van der Waals surface area contributed by atoms with Crippen LogP contribution >= 0.6 is 0 Å². The molecule has 4 N–H and O–H groups in total. The molecule has 9 aromatic carbocycles. The lowest BCUT2D eigenvalue weighted by atomic mass is 9.88. The van der Waals surface area contributed by atoms with Crippen molar-refractivity contribution in [2.24, 2.45) is 9.98 Å². The number of para-hydroxylation sites is 1. The number of benzene rings is 9. The fourth-order valence-electron chi connectivity index (χ4n) is 12.8. The van der Waals surface area contributed by atoms with Crippen LogP contribution < -0.4 is 26.2 Å². The molecule has 78 heavy (non-hydrogen) atoms. The molecule has 1 saturated heterocycles. The van der Waals surface area contributed by atoms with Gasteiger partial charge in [0.25, 0.3) is 0 Å². The van der Waals surface area contributed by atoms with Gasteiger partial charge in [-0.25, -0.2) is 9.98 Å². The minimum absolute atomic E-state index is 0.0712.